The molecule has 0 unspecified atom stereocenters. The molecule has 0 fully saturated rings. The van der Waals surface area contributed by atoms with Crippen LogP contribution >= 0.6 is 0 Å². The highest BCUT2D eigenvalue weighted by Gasteiger charge is 2.23. The Balaban J connectivity index is 1.49. The second-order valence-electron chi connectivity index (χ2n) is 6.40. The molecule has 124 valence electrons. The first kappa shape index (κ1) is 14.9. The maximum atomic E-state index is 12.5. The van der Waals surface area contributed by atoms with E-state index in [9.17, 15) is 4.79 Å². The van der Waals surface area contributed by atoms with Gasteiger partial charge < -0.3 is 15.2 Å². The Morgan fingerprint density at radius 2 is 2.29 bits per heavy atom. The SMILES string of the molecule is Cc1ccc2nc(CNC(=O)c3n[nH]c4c3CN(C)CC4)[nH]c2c1. The van der Waals surface area contributed by atoms with Crippen molar-refractivity contribution in [2.24, 2.45) is 0 Å². The molecule has 1 aliphatic heterocycles. The van der Waals surface area contributed by atoms with E-state index in [1.807, 2.05) is 32.2 Å². The average Bonchev–Trinajstić information content (AvgIpc) is 3.15. The molecule has 3 aromatic rings. The third kappa shape index (κ3) is 2.67. The monoisotopic (exact) mass is 324 g/mol. The number of nitrogens with zero attached hydrogens (tertiary/aromatic N) is 3. The molecular formula is C17H20N6O. The van der Waals surface area contributed by atoms with Crippen LogP contribution in [0.25, 0.3) is 11.0 Å². The van der Waals surface area contributed by atoms with Crippen LogP contribution in [0.4, 0.5) is 0 Å². The lowest BCUT2D eigenvalue weighted by Crippen LogP contribution is -2.29. The molecule has 2 aromatic heterocycles. The zero-order valence-corrected chi connectivity index (χ0v) is 13.8. The van der Waals surface area contributed by atoms with Crippen molar-refractivity contribution in [3.63, 3.8) is 0 Å². The molecular weight excluding hydrogens is 304 g/mol. The molecule has 1 aliphatic rings. The topological polar surface area (TPSA) is 89.7 Å². The summed E-state index contributed by atoms with van der Waals surface area (Å²) in [6.07, 6.45) is 0.898. The van der Waals surface area contributed by atoms with E-state index in [1.165, 1.54) is 5.56 Å². The third-order valence-electron chi connectivity index (χ3n) is 4.44. The van der Waals surface area contributed by atoms with E-state index in [2.05, 4.69) is 30.4 Å². The standard InChI is InChI=1S/C17H20N6O/c1-10-3-4-13-14(7-10)20-15(19-13)8-18-17(24)16-11-9-23(2)6-5-12(11)21-22-16/h3-4,7H,5-6,8-9H2,1-2H3,(H,18,24)(H,19,20)(H,21,22). The van der Waals surface area contributed by atoms with Crippen molar-refractivity contribution in [2.45, 2.75) is 26.4 Å². The number of H-pyrrole nitrogens is 2. The van der Waals surface area contributed by atoms with Crippen LogP contribution in [-0.4, -0.2) is 44.6 Å². The van der Waals surface area contributed by atoms with Gasteiger partial charge in [-0.2, -0.15) is 5.10 Å². The van der Waals surface area contributed by atoms with Crippen molar-refractivity contribution in [1.82, 2.24) is 30.4 Å². The van der Waals surface area contributed by atoms with Gasteiger partial charge in [0.05, 0.1) is 17.6 Å². The highest BCUT2D eigenvalue weighted by Crippen LogP contribution is 2.19. The van der Waals surface area contributed by atoms with Crippen LogP contribution in [0.5, 0.6) is 0 Å². The van der Waals surface area contributed by atoms with Gasteiger partial charge >= 0.3 is 0 Å². The molecule has 1 amide bonds. The number of aryl methyl sites for hydroxylation is 1. The van der Waals surface area contributed by atoms with Crippen LogP contribution in [0, 0.1) is 6.92 Å². The van der Waals surface area contributed by atoms with Gasteiger partial charge in [0, 0.05) is 30.8 Å². The highest BCUT2D eigenvalue weighted by molar-refractivity contribution is 5.94. The second kappa shape index (κ2) is 5.76. The van der Waals surface area contributed by atoms with Crippen molar-refractivity contribution >= 4 is 16.9 Å². The first-order chi connectivity index (χ1) is 11.6. The molecule has 4 rings (SSSR count). The molecule has 7 heteroatoms. The number of nitrogens with one attached hydrogen (secondary N) is 3. The van der Waals surface area contributed by atoms with Gasteiger partial charge in [0.2, 0.25) is 0 Å². The summed E-state index contributed by atoms with van der Waals surface area (Å²) in [6, 6.07) is 6.05. The van der Waals surface area contributed by atoms with Crippen LogP contribution in [0.15, 0.2) is 18.2 Å². The molecule has 7 nitrogen and oxygen atoms in total. The van der Waals surface area contributed by atoms with Crippen LogP contribution in [0.1, 0.15) is 33.1 Å². The number of hydrogen-bond acceptors (Lipinski definition) is 4. The summed E-state index contributed by atoms with van der Waals surface area (Å²) in [6.45, 7) is 4.12. The van der Waals surface area contributed by atoms with Crippen molar-refractivity contribution in [1.29, 1.82) is 0 Å². The van der Waals surface area contributed by atoms with Crippen molar-refractivity contribution in [3.8, 4) is 0 Å². The minimum Gasteiger partial charge on any atom is -0.343 e. The molecule has 1 aromatic carbocycles. The molecule has 0 saturated carbocycles. The normalized spacial score (nSPS) is 14.8. The zero-order chi connectivity index (χ0) is 16.7. The van der Waals surface area contributed by atoms with Crippen LogP contribution in [0.3, 0.4) is 0 Å². The number of carbonyl (C=O) groups excluding carboxylic acids is 1. The molecule has 3 N–H and O–H groups in total. The number of imidazole rings is 1. The Hall–Kier alpha value is -2.67. The van der Waals surface area contributed by atoms with Crippen molar-refractivity contribution < 1.29 is 4.79 Å². The highest BCUT2D eigenvalue weighted by atomic mass is 16.1. The van der Waals surface area contributed by atoms with Gasteiger partial charge in [-0.3, -0.25) is 9.89 Å². The molecule has 0 aliphatic carbocycles. The zero-order valence-electron chi connectivity index (χ0n) is 13.8. The Bertz CT molecular complexity index is 909. The maximum Gasteiger partial charge on any atom is 0.272 e. The third-order valence-corrected chi connectivity index (χ3v) is 4.44. The largest absolute Gasteiger partial charge is 0.343 e. The lowest BCUT2D eigenvalue weighted by Gasteiger charge is -2.22. The van der Waals surface area contributed by atoms with Gasteiger partial charge in [0.1, 0.15) is 5.82 Å². The quantitative estimate of drug-likeness (QED) is 0.681. The summed E-state index contributed by atoms with van der Waals surface area (Å²) in [7, 11) is 2.05. The number of benzene rings is 1. The second-order valence-corrected chi connectivity index (χ2v) is 6.40. The van der Waals surface area contributed by atoms with Crippen molar-refractivity contribution in [3.05, 3.63) is 46.5 Å². The fourth-order valence-corrected chi connectivity index (χ4v) is 3.13. The van der Waals surface area contributed by atoms with E-state index < -0.39 is 0 Å². The Kier molecular flexibility index (Phi) is 3.57. The number of aromatic amines is 2. The summed E-state index contributed by atoms with van der Waals surface area (Å²) in [5.74, 6) is 0.574. The lowest BCUT2D eigenvalue weighted by molar-refractivity contribution is 0.0943. The van der Waals surface area contributed by atoms with Crippen LogP contribution < -0.4 is 5.32 Å². The molecule has 3 heterocycles. The number of likely N-dealkylation sites (N-methyl/N-ethyl adjacent to an activating group) is 1. The number of amides is 1. The maximum absolute atomic E-state index is 12.5. The van der Waals surface area contributed by atoms with Gasteiger partial charge in [0.15, 0.2) is 5.69 Å². The van der Waals surface area contributed by atoms with E-state index in [0.717, 1.165) is 47.6 Å². The Morgan fingerprint density at radius 1 is 1.42 bits per heavy atom. The summed E-state index contributed by atoms with van der Waals surface area (Å²) >= 11 is 0. The van der Waals surface area contributed by atoms with Gasteiger partial charge in [0.25, 0.3) is 5.91 Å². The van der Waals surface area contributed by atoms with Crippen LogP contribution in [0.2, 0.25) is 0 Å². The fourth-order valence-electron chi connectivity index (χ4n) is 3.13. The van der Waals surface area contributed by atoms with Gasteiger partial charge in [-0.15, -0.1) is 0 Å². The van der Waals surface area contributed by atoms with E-state index in [-0.39, 0.29) is 5.91 Å². The van der Waals surface area contributed by atoms with Gasteiger partial charge in [-0.1, -0.05) is 6.07 Å². The number of fused-ring (bicyclic) bond motifs is 2. The number of aromatic nitrogens is 4. The molecule has 24 heavy (non-hydrogen) atoms. The minimum atomic E-state index is -0.167. The van der Waals surface area contributed by atoms with Gasteiger partial charge in [-0.25, -0.2) is 4.98 Å². The fraction of sp³-hybridized carbons (Fsp3) is 0.353. The first-order valence-electron chi connectivity index (χ1n) is 8.08. The van der Waals surface area contributed by atoms with E-state index in [1.54, 1.807) is 0 Å². The lowest BCUT2D eigenvalue weighted by atomic mass is 10.1. The molecule has 0 spiro atoms. The molecule has 0 saturated heterocycles. The molecule has 0 bridgehead atoms. The molecule has 0 atom stereocenters. The number of carbonyl (C=O) groups is 1. The van der Waals surface area contributed by atoms with E-state index >= 15 is 0 Å². The van der Waals surface area contributed by atoms with Crippen LogP contribution in [-0.2, 0) is 19.5 Å². The van der Waals surface area contributed by atoms with Gasteiger partial charge in [-0.05, 0) is 31.7 Å². The van der Waals surface area contributed by atoms with E-state index in [4.69, 9.17) is 0 Å². The number of rotatable bonds is 3. The smallest absolute Gasteiger partial charge is 0.272 e. The minimum absolute atomic E-state index is 0.167. The summed E-state index contributed by atoms with van der Waals surface area (Å²) in [5, 5.41) is 10.1. The number of hydrogen-bond donors (Lipinski definition) is 3. The Morgan fingerprint density at radius 3 is 3.17 bits per heavy atom. The summed E-state index contributed by atoms with van der Waals surface area (Å²) in [4.78, 5) is 22.4. The Labute approximate surface area is 139 Å². The average molecular weight is 324 g/mol. The molecule has 0 radical (unpaired) electrons. The first-order valence-corrected chi connectivity index (χ1v) is 8.08. The van der Waals surface area contributed by atoms with E-state index in [0.29, 0.717) is 12.2 Å². The summed E-state index contributed by atoms with van der Waals surface area (Å²) in [5.41, 5.74) is 5.62. The predicted octanol–water partition coefficient (Wildman–Crippen LogP) is 1.51. The van der Waals surface area contributed by atoms with Crippen molar-refractivity contribution in [2.75, 3.05) is 13.6 Å². The summed E-state index contributed by atoms with van der Waals surface area (Å²) < 4.78 is 0. The predicted molar refractivity (Wildman–Crippen MR) is 90.6 cm³/mol.